The first-order valence-corrected chi connectivity index (χ1v) is 6.60. The summed E-state index contributed by atoms with van der Waals surface area (Å²) in [7, 11) is -5.65. The number of hydrogen-bond donors (Lipinski definition) is 0. The van der Waals surface area contributed by atoms with Crippen molar-refractivity contribution in [3.63, 3.8) is 0 Å². The normalized spacial score (nSPS) is 18.7. The van der Waals surface area contributed by atoms with E-state index in [0.717, 1.165) is 0 Å². The zero-order valence-corrected chi connectivity index (χ0v) is 10.8. The van der Waals surface area contributed by atoms with Crippen LogP contribution < -0.4 is 0 Å². The topological polar surface area (TPSA) is 69.4 Å². The van der Waals surface area contributed by atoms with Crippen molar-refractivity contribution in [2.75, 3.05) is 0 Å². The molecule has 19 heavy (non-hydrogen) atoms. The number of nitrogens with zero attached hydrogens (tertiary/aromatic N) is 1. The van der Waals surface area contributed by atoms with Crippen LogP contribution in [0.2, 0.25) is 0 Å². The number of alkyl halides is 3. The summed E-state index contributed by atoms with van der Waals surface area (Å²) in [6.45, 7) is 3.38. The van der Waals surface area contributed by atoms with E-state index in [0.29, 0.717) is 11.3 Å². The number of allylic oxidation sites excluding steroid dienone is 1. The van der Waals surface area contributed by atoms with Crippen molar-refractivity contribution in [2.45, 2.75) is 31.2 Å². The predicted octanol–water partition coefficient (Wildman–Crippen LogP) is 2.56. The highest BCUT2D eigenvalue weighted by atomic mass is 32.2. The number of hydrogen-bond acceptors (Lipinski definition) is 5. The van der Waals surface area contributed by atoms with Gasteiger partial charge < -0.3 is 8.71 Å². The van der Waals surface area contributed by atoms with Gasteiger partial charge in [0.1, 0.15) is 11.5 Å². The molecular weight excluding hydrogens is 287 g/mol. The van der Waals surface area contributed by atoms with E-state index in [1.165, 1.54) is 12.3 Å². The smallest absolute Gasteiger partial charge is 0.381 e. The molecule has 1 heterocycles. The van der Waals surface area contributed by atoms with Crippen molar-refractivity contribution in [3.8, 4) is 0 Å². The first-order chi connectivity index (χ1) is 8.53. The number of aromatic nitrogens is 1. The molecule has 0 fully saturated rings. The van der Waals surface area contributed by atoms with Gasteiger partial charge in [0.15, 0.2) is 0 Å². The van der Waals surface area contributed by atoms with E-state index in [2.05, 4.69) is 9.34 Å². The summed E-state index contributed by atoms with van der Waals surface area (Å²) in [6, 6.07) is 0. The Labute approximate surface area is 107 Å². The van der Waals surface area contributed by atoms with Gasteiger partial charge in [-0.05, 0) is 6.08 Å². The lowest BCUT2D eigenvalue weighted by Crippen LogP contribution is -2.28. The van der Waals surface area contributed by atoms with E-state index < -0.39 is 21.0 Å². The molecule has 0 N–H and O–H groups in total. The van der Waals surface area contributed by atoms with Crippen LogP contribution in [0.15, 0.2) is 16.5 Å². The molecule has 0 saturated heterocycles. The molecule has 0 spiro atoms. The SMILES string of the molecule is CC1(C)CC(OS(=O)(=O)C(F)(F)F)=Cc2cnoc21. The maximum Gasteiger partial charge on any atom is 0.534 e. The molecule has 0 bridgehead atoms. The molecule has 0 amide bonds. The monoisotopic (exact) mass is 297 g/mol. The largest absolute Gasteiger partial charge is 0.534 e. The molecule has 0 aliphatic heterocycles. The molecule has 0 atom stereocenters. The van der Waals surface area contributed by atoms with Crippen molar-refractivity contribution in [1.82, 2.24) is 5.16 Å². The zero-order valence-electron chi connectivity index (χ0n) is 9.98. The third kappa shape index (κ3) is 2.46. The summed E-state index contributed by atoms with van der Waals surface area (Å²) < 4.78 is 67.8. The van der Waals surface area contributed by atoms with Gasteiger partial charge in [0.25, 0.3) is 0 Å². The van der Waals surface area contributed by atoms with Crippen molar-refractivity contribution >= 4 is 16.2 Å². The molecule has 1 aliphatic rings. The minimum absolute atomic E-state index is 0.0372. The van der Waals surface area contributed by atoms with E-state index in [-0.39, 0.29) is 12.2 Å². The summed E-state index contributed by atoms with van der Waals surface area (Å²) in [5.74, 6) is 0.183. The van der Waals surface area contributed by atoms with E-state index in [4.69, 9.17) is 4.52 Å². The molecular formula is C10H10F3NO4S. The summed E-state index contributed by atoms with van der Waals surface area (Å²) in [4.78, 5) is 0. The molecule has 5 nitrogen and oxygen atoms in total. The van der Waals surface area contributed by atoms with Gasteiger partial charge in [-0.15, -0.1) is 0 Å². The quantitative estimate of drug-likeness (QED) is 0.620. The summed E-state index contributed by atoms with van der Waals surface area (Å²) >= 11 is 0. The Kier molecular flexibility index (Phi) is 2.92. The summed E-state index contributed by atoms with van der Waals surface area (Å²) in [5.41, 5.74) is -5.74. The van der Waals surface area contributed by atoms with Crippen LogP contribution in [0.4, 0.5) is 13.2 Å². The zero-order chi connectivity index (χ0) is 14.5. The predicted molar refractivity (Wildman–Crippen MR) is 58.2 cm³/mol. The lowest BCUT2D eigenvalue weighted by molar-refractivity contribution is -0.0524. The molecule has 1 aromatic rings. The third-order valence-electron chi connectivity index (χ3n) is 2.65. The van der Waals surface area contributed by atoms with Crippen LogP contribution in [-0.4, -0.2) is 19.1 Å². The maximum atomic E-state index is 12.2. The lowest BCUT2D eigenvalue weighted by atomic mass is 9.80. The Morgan fingerprint density at radius 3 is 2.63 bits per heavy atom. The Bertz CT molecular complexity index is 627. The Morgan fingerprint density at radius 2 is 2.05 bits per heavy atom. The Balaban J connectivity index is 2.36. The fraction of sp³-hybridized carbons (Fsp3) is 0.500. The van der Waals surface area contributed by atoms with Gasteiger partial charge in [-0.25, -0.2) is 0 Å². The number of fused-ring (bicyclic) bond motifs is 1. The molecule has 0 radical (unpaired) electrons. The van der Waals surface area contributed by atoms with Gasteiger partial charge >= 0.3 is 15.6 Å². The Hall–Kier alpha value is -1.51. The highest BCUT2D eigenvalue weighted by molar-refractivity contribution is 7.87. The highest BCUT2D eigenvalue weighted by Crippen LogP contribution is 2.40. The van der Waals surface area contributed by atoms with Crippen LogP contribution in [-0.2, 0) is 19.7 Å². The van der Waals surface area contributed by atoms with Gasteiger partial charge in [0.05, 0.1) is 6.20 Å². The minimum Gasteiger partial charge on any atom is -0.381 e. The first-order valence-electron chi connectivity index (χ1n) is 5.19. The maximum absolute atomic E-state index is 12.2. The molecule has 0 unspecified atom stereocenters. The lowest BCUT2D eigenvalue weighted by Gasteiger charge is -2.27. The van der Waals surface area contributed by atoms with E-state index >= 15 is 0 Å². The Morgan fingerprint density at radius 1 is 1.42 bits per heavy atom. The van der Waals surface area contributed by atoms with Gasteiger partial charge in [-0.2, -0.15) is 21.6 Å². The van der Waals surface area contributed by atoms with Crippen molar-refractivity contribution in [1.29, 1.82) is 0 Å². The fourth-order valence-corrected chi connectivity index (χ4v) is 2.33. The number of halogens is 3. The van der Waals surface area contributed by atoms with Gasteiger partial charge in [0, 0.05) is 17.4 Å². The van der Waals surface area contributed by atoms with Crippen LogP contribution in [0.1, 0.15) is 31.6 Å². The standard InChI is InChI=1S/C10H10F3NO4S/c1-9(2)4-7(3-6-5-14-17-8(6)9)18-19(15,16)10(11,12)13/h3,5H,4H2,1-2H3. The summed E-state index contributed by atoms with van der Waals surface area (Å²) in [6.07, 6.45) is 2.44. The molecule has 0 aromatic carbocycles. The van der Waals surface area contributed by atoms with Crippen LogP contribution in [0.5, 0.6) is 0 Å². The molecule has 2 rings (SSSR count). The van der Waals surface area contributed by atoms with Gasteiger partial charge in [-0.3, -0.25) is 0 Å². The second-order valence-corrected chi connectivity index (χ2v) is 6.30. The van der Waals surface area contributed by atoms with Crippen LogP contribution in [0.25, 0.3) is 6.08 Å². The average molecular weight is 297 g/mol. The van der Waals surface area contributed by atoms with Crippen molar-refractivity contribution < 1.29 is 30.3 Å². The highest BCUT2D eigenvalue weighted by Gasteiger charge is 2.49. The second kappa shape index (κ2) is 3.99. The average Bonchev–Trinajstić information content (AvgIpc) is 2.62. The molecule has 106 valence electrons. The molecule has 9 heteroatoms. The van der Waals surface area contributed by atoms with Gasteiger partial charge in [0.2, 0.25) is 0 Å². The van der Waals surface area contributed by atoms with Gasteiger partial charge in [-0.1, -0.05) is 19.0 Å². The van der Waals surface area contributed by atoms with Crippen LogP contribution in [0, 0.1) is 0 Å². The number of rotatable bonds is 2. The van der Waals surface area contributed by atoms with E-state index in [1.54, 1.807) is 13.8 Å². The van der Waals surface area contributed by atoms with Crippen molar-refractivity contribution in [2.24, 2.45) is 0 Å². The van der Waals surface area contributed by atoms with E-state index in [9.17, 15) is 21.6 Å². The molecule has 0 saturated carbocycles. The fourth-order valence-electron chi connectivity index (χ4n) is 1.85. The van der Waals surface area contributed by atoms with Crippen LogP contribution in [0.3, 0.4) is 0 Å². The van der Waals surface area contributed by atoms with Crippen LogP contribution >= 0.6 is 0 Å². The van der Waals surface area contributed by atoms with Crippen molar-refractivity contribution in [3.05, 3.63) is 23.3 Å². The molecule has 1 aliphatic carbocycles. The molecule has 1 aromatic heterocycles. The van der Waals surface area contributed by atoms with E-state index in [1.807, 2.05) is 0 Å². The third-order valence-corrected chi connectivity index (χ3v) is 3.65. The minimum atomic E-state index is -5.65. The second-order valence-electron chi connectivity index (χ2n) is 4.76. The first kappa shape index (κ1) is 13.9. The summed E-state index contributed by atoms with van der Waals surface area (Å²) in [5, 5.41) is 3.53.